The summed E-state index contributed by atoms with van der Waals surface area (Å²) in [5.41, 5.74) is 5.67. The topological polar surface area (TPSA) is 225 Å². The van der Waals surface area contributed by atoms with Gasteiger partial charge in [-0.15, -0.1) is 0 Å². The number of amides is 2. The van der Waals surface area contributed by atoms with E-state index >= 15 is 4.39 Å². The van der Waals surface area contributed by atoms with Crippen molar-refractivity contribution >= 4 is 29.1 Å². The number of phenols is 1. The predicted octanol–water partition coefficient (Wildman–Crippen LogP) is -0.795. The van der Waals surface area contributed by atoms with Crippen LogP contribution in [-0.2, 0) is 20.8 Å². The monoisotopic (exact) mass is 504 g/mol. The van der Waals surface area contributed by atoms with Crippen molar-refractivity contribution in [1.82, 2.24) is 5.32 Å². The van der Waals surface area contributed by atoms with E-state index in [1.54, 1.807) is 6.92 Å². The molecule has 3 aliphatic carbocycles. The highest BCUT2D eigenvalue weighted by molar-refractivity contribution is 6.25. The number of allylic oxidation sites excluding steroid dienone is 1. The summed E-state index contributed by atoms with van der Waals surface area (Å²) in [5.74, 6) is -10.5. The third kappa shape index (κ3) is 3.46. The number of likely N-dealkylation sites (N-methyl/N-ethyl adjacent to an activating group) is 1. The molecule has 3 aliphatic rings. The molecule has 36 heavy (non-hydrogen) atoms. The molecule has 4 rings (SSSR count). The lowest BCUT2D eigenvalue weighted by atomic mass is 9.59. The Kier molecular flexibility index (Phi) is 6.11. The number of Topliss-reactive ketones (excluding diaryl/α,β-unsaturated/α-hetero) is 2. The number of anilines is 1. The average Bonchev–Trinajstić information content (AvgIpc) is 2.81. The molecule has 1 aromatic rings. The third-order valence-corrected chi connectivity index (χ3v) is 7.01. The van der Waals surface area contributed by atoms with Gasteiger partial charge in [-0.2, -0.15) is 0 Å². The molecule has 13 heteroatoms. The maximum Gasteiger partial charge on any atom is 0.255 e. The minimum absolute atomic E-state index is 0.143. The zero-order valence-electron chi connectivity index (χ0n) is 19.1. The predicted molar refractivity (Wildman–Crippen MR) is 121 cm³/mol. The highest BCUT2D eigenvalue weighted by Crippen LogP contribution is 2.52. The van der Waals surface area contributed by atoms with Crippen LogP contribution < -0.4 is 22.1 Å². The molecule has 0 fully saturated rings. The molecule has 10 N–H and O–H groups in total. The molecule has 0 radical (unpaired) electrons. The zero-order valence-corrected chi connectivity index (χ0v) is 19.1. The molecule has 12 nitrogen and oxygen atoms in total. The summed E-state index contributed by atoms with van der Waals surface area (Å²) in [6.07, 6.45) is -0.475. The number of benzene rings is 1. The van der Waals surface area contributed by atoms with Crippen LogP contribution in [0.2, 0.25) is 0 Å². The Morgan fingerprint density at radius 1 is 1.25 bits per heavy atom. The lowest BCUT2D eigenvalue weighted by Gasteiger charge is -2.47. The van der Waals surface area contributed by atoms with Gasteiger partial charge in [-0.05, 0) is 25.3 Å². The van der Waals surface area contributed by atoms with E-state index in [0.717, 1.165) is 6.07 Å². The lowest BCUT2D eigenvalue weighted by molar-refractivity contribution is -0.145. The molecule has 0 aliphatic heterocycles. The van der Waals surface area contributed by atoms with E-state index in [1.165, 1.54) is 0 Å². The number of primary amides is 1. The van der Waals surface area contributed by atoms with Crippen molar-refractivity contribution in [3.8, 4) is 5.75 Å². The molecule has 0 saturated carbocycles. The van der Waals surface area contributed by atoms with Crippen molar-refractivity contribution in [3.05, 3.63) is 45.7 Å². The maximum absolute atomic E-state index is 15.1. The first-order valence-electron chi connectivity index (χ1n) is 11.1. The van der Waals surface area contributed by atoms with E-state index in [4.69, 9.17) is 11.5 Å². The second-order valence-corrected chi connectivity index (χ2v) is 9.02. The summed E-state index contributed by atoms with van der Waals surface area (Å²) in [6, 6.07) is -0.634. The Hall–Kier alpha value is -3.81. The summed E-state index contributed by atoms with van der Waals surface area (Å²) >= 11 is 0. The second-order valence-electron chi connectivity index (χ2n) is 9.02. The number of carbonyl (C=O) groups is 4. The van der Waals surface area contributed by atoms with E-state index in [1.807, 2.05) is 0 Å². The molecule has 4 atom stereocenters. The first-order chi connectivity index (χ1) is 16.9. The molecule has 192 valence electrons. The van der Waals surface area contributed by atoms with Crippen molar-refractivity contribution in [2.45, 2.75) is 31.4 Å². The number of aliphatic hydroxyl groups is 3. The molecule has 0 heterocycles. The number of hydrogen-bond acceptors (Lipinski definition) is 10. The van der Waals surface area contributed by atoms with Gasteiger partial charge in [0.05, 0.1) is 23.8 Å². The van der Waals surface area contributed by atoms with Gasteiger partial charge in [0.2, 0.25) is 11.7 Å². The summed E-state index contributed by atoms with van der Waals surface area (Å²) in [6.45, 7) is 2.09. The minimum Gasteiger partial charge on any atom is -0.510 e. The second kappa shape index (κ2) is 8.69. The Balaban J connectivity index is 1.84. The number of nitrogens with two attached hydrogens (primary N) is 2. The Morgan fingerprint density at radius 2 is 1.92 bits per heavy atom. The van der Waals surface area contributed by atoms with Gasteiger partial charge in [-0.3, -0.25) is 19.2 Å². The van der Waals surface area contributed by atoms with Gasteiger partial charge in [0.15, 0.2) is 17.1 Å². The summed E-state index contributed by atoms with van der Waals surface area (Å²) < 4.78 is 15.1. The van der Waals surface area contributed by atoms with Crippen LogP contribution in [0, 0.1) is 17.7 Å². The molecular formula is C23H25FN4O8. The quantitative estimate of drug-likeness (QED) is 0.184. The molecular weight excluding hydrogens is 479 g/mol. The van der Waals surface area contributed by atoms with Crippen LogP contribution >= 0.6 is 0 Å². The van der Waals surface area contributed by atoms with Crippen LogP contribution in [0.4, 0.5) is 10.1 Å². The third-order valence-electron chi connectivity index (χ3n) is 7.01. The minimum atomic E-state index is -2.86. The van der Waals surface area contributed by atoms with E-state index in [9.17, 15) is 39.6 Å². The molecule has 1 aromatic carbocycles. The smallest absolute Gasteiger partial charge is 0.255 e. The number of ketones is 2. The van der Waals surface area contributed by atoms with E-state index in [2.05, 4.69) is 10.6 Å². The number of aromatic hydroxyl groups is 1. The highest BCUT2D eigenvalue weighted by Gasteiger charge is 2.62. The Bertz CT molecular complexity index is 1290. The zero-order chi connectivity index (χ0) is 26.7. The summed E-state index contributed by atoms with van der Waals surface area (Å²) in [4.78, 5) is 50.3. The van der Waals surface area contributed by atoms with Crippen LogP contribution in [-0.4, -0.2) is 68.5 Å². The Morgan fingerprint density at radius 3 is 2.53 bits per heavy atom. The van der Waals surface area contributed by atoms with Crippen molar-refractivity contribution in [2.75, 3.05) is 18.4 Å². The first kappa shape index (κ1) is 25.3. The number of hydrogen-bond donors (Lipinski definition) is 8. The maximum atomic E-state index is 15.1. The van der Waals surface area contributed by atoms with Gasteiger partial charge in [-0.1, -0.05) is 6.92 Å². The average molecular weight is 504 g/mol. The molecule has 0 bridgehead atoms. The van der Waals surface area contributed by atoms with Crippen LogP contribution in [0.15, 0.2) is 28.7 Å². The molecule has 2 amide bonds. The van der Waals surface area contributed by atoms with Crippen LogP contribution in [0.25, 0.3) is 0 Å². The van der Waals surface area contributed by atoms with Crippen molar-refractivity contribution < 1.29 is 44.0 Å². The molecule has 0 spiro atoms. The molecule has 0 saturated heterocycles. The van der Waals surface area contributed by atoms with Gasteiger partial charge < -0.3 is 42.5 Å². The van der Waals surface area contributed by atoms with Crippen molar-refractivity contribution in [3.63, 3.8) is 0 Å². The van der Waals surface area contributed by atoms with Gasteiger partial charge in [-0.25, -0.2) is 4.39 Å². The SMILES string of the molecule is CCNCC(=O)Nc1cc(F)c2c(c1O)C(=O)C1=C(O)[C@]3(O)C(=O)C(C(N)=O)=C(O)[C@@H](N)[C@@H]3C[C@@H]1C2. The standard InChI is InChI=1S/C23H25FN4O8/c1-2-27-6-12(29)28-11-5-10(24)8-3-7-4-9-16(25)19(32)15(22(26)35)21(34)23(9,36)20(33)13(7)18(31)14(8)17(11)30/h5,7,9,16,27,30,32-33,36H,2-4,6,25H2,1H3,(H2,26,35)(H,28,29)/t7-,9-,16-,23-/m0/s1. The van der Waals surface area contributed by atoms with Crippen LogP contribution in [0.5, 0.6) is 5.75 Å². The molecule has 0 unspecified atom stereocenters. The normalized spacial score (nSPS) is 27.4. The van der Waals surface area contributed by atoms with Gasteiger partial charge in [0, 0.05) is 23.1 Å². The Labute approximate surface area is 203 Å². The van der Waals surface area contributed by atoms with Gasteiger partial charge in [0.1, 0.15) is 22.9 Å². The summed E-state index contributed by atoms with van der Waals surface area (Å²) in [5, 5.41) is 48.4. The highest BCUT2D eigenvalue weighted by atomic mass is 19.1. The van der Waals surface area contributed by atoms with Crippen LogP contribution in [0.3, 0.4) is 0 Å². The fourth-order valence-corrected chi connectivity index (χ4v) is 5.26. The number of phenolic OH excluding ortho intramolecular Hbond substituents is 1. The van der Waals surface area contributed by atoms with E-state index < -0.39 is 86.7 Å². The number of rotatable bonds is 5. The summed E-state index contributed by atoms with van der Waals surface area (Å²) in [7, 11) is 0. The number of carbonyl (C=O) groups excluding carboxylic acids is 4. The number of aliphatic hydroxyl groups excluding tert-OH is 2. The lowest BCUT2D eigenvalue weighted by Crippen LogP contribution is -2.63. The van der Waals surface area contributed by atoms with E-state index in [-0.39, 0.29) is 30.6 Å². The van der Waals surface area contributed by atoms with Crippen molar-refractivity contribution in [2.24, 2.45) is 23.3 Å². The fraction of sp³-hybridized carbons (Fsp3) is 0.391. The van der Waals surface area contributed by atoms with E-state index in [0.29, 0.717) is 6.54 Å². The van der Waals surface area contributed by atoms with Gasteiger partial charge >= 0.3 is 0 Å². The molecule has 0 aromatic heterocycles. The van der Waals surface area contributed by atoms with Crippen molar-refractivity contribution in [1.29, 1.82) is 0 Å². The van der Waals surface area contributed by atoms with Crippen LogP contribution in [0.1, 0.15) is 29.3 Å². The fourth-order valence-electron chi connectivity index (χ4n) is 5.26. The largest absolute Gasteiger partial charge is 0.510 e. The van der Waals surface area contributed by atoms with Gasteiger partial charge in [0.25, 0.3) is 5.91 Å². The number of nitrogens with one attached hydrogen (secondary N) is 2. The number of fused-ring (bicyclic) bond motifs is 3. The first-order valence-corrected chi connectivity index (χ1v) is 11.1. The number of halogens is 1.